The molecule has 0 aliphatic rings. The van der Waals surface area contributed by atoms with Crippen LogP contribution >= 0.6 is 0 Å². The monoisotopic (exact) mass is 502 g/mol. The van der Waals surface area contributed by atoms with Gasteiger partial charge in [-0.3, -0.25) is 14.0 Å². The molecule has 1 atom stereocenters. The number of aromatic nitrogens is 4. The lowest BCUT2D eigenvalue weighted by Gasteiger charge is -2.18. The predicted molar refractivity (Wildman–Crippen MR) is 142 cm³/mol. The molecule has 0 aliphatic carbocycles. The molecule has 3 heterocycles. The van der Waals surface area contributed by atoms with Crippen LogP contribution in [0, 0.1) is 12.8 Å². The Labute approximate surface area is 216 Å². The van der Waals surface area contributed by atoms with Gasteiger partial charge in [0.25, 0.3) is 11.8 Å². The van der Waals surface area contributed by atoms with E-state index in [1.165, 1.54) is 0 Å². The maximum Gasteiger partial charge on any atom is 0.270 e. The van der Waals surface area contributed by atoms with Crippen molar-refractivity contribution in [1.82, 2.24) is 29.8 Å². The van der Waals surface area contributed by atoms with Crippen LogP contribution in [-0.2, 0) is 13.0 Å². The van der Waals surface area contributed by atoms with Crippen molar-refractivity contribution in [3.05, 3.63) is 83.1 Å². The first-order valence-electron chi connectivity index (χ1n) is 12.6. The van der Waals surface area contributed by atoms with Crippen molar-refractivity contribution in [3.63, 3.8) is 0 Å². The van der Waals surface area contributed by atoms with Gasteiger partial charge in [-0.2, -0.15) is 5.10 Å². The Hall–Kier alpha value is -3.98. The maximum absolute atomic E-state index is 13.2. The Kier molecular flexibility index (Phi) is 8.03. The number of pyridine rings is 1. The molecule has 194 valence electrons. The summed E-state index contributed by atoms with van der Waals surface area (Å²) in [5, 5.41) is 20.1. The summed E-state index contributed by atoms with van der Waals surface area (Å²) >= 11 is 0. The topological polar surface area (TPSA) is 114 Å². The van der Waals surface area contributed by atoms with E-state index < -0.39 is 0 Å². The highest BCUT2D eigenvalue weighted by Crippen LogP contribution is 2.18. The van der Waals surface area contributed by atoms with Gasteiger partial charge in [-0.05, 0) is 61.6 Å². The maximum atomic E-state index is 13.2. The lowest BCUT2D eigenvalue weighted by atomic mass is 10.0. The second kappa shape index (κ2) is 11.4. The summed E-state index contributed by atoms with van der Waals surface area (Å²) in [6.07, 6.45) is 4.78. The minimum absolute atomic E-state index is 0.143. The average Bonchev–Trinajstić information content (AvgIpc) is 3.51. The molecule has 0 spiro atoms. The van der Waals surface area contributed by atoms with Crippen LogP contribution in [0.25, 0.3) is 11.3 Å². The summed E-state index contributed by atoms with van der Waals surface area (Å²) in [5.74, 6) is -0.296. The number of aryl methyl sites for hydroxylation is 2. The number of rotatable bonds is 10. The fraction of sp³-hybridized carbons (Fsp3) is 0.357. The molecule has 0 aliphatic heterocycles. The van der Waals surface area contributed by atoms with E-state index >= 15 is 0 Å². The van der Waals surface area contributed by atoms with Crippen LogP contribution in [0.2, 0.25) is 0 Å². The Morgan fingerprint density at radius 3 is 2.59 bits per heavy atom. The van der Waals surface area contributed by atoms with Crippen LogP contribution in [0.1, 0.15) is 65.0 Å². The number of nitrogens with zero attached hydrogens (tertiary/aromatic N) is 4. The van der Waals surface area contributed by atoms with E-state index in [9.17, 15) is 14.7 Å². The van der Waals surface area contributed by atoms with Gasteiger partial charge in [0.1, 0.15) is 5.69 Å². The molecule has 9 nitrogen and oxygen atoms in total. The molecule has 0 bridgehead atoms. The molecule has 4 rings (SSSR count). The highest BCUT2D eigenvalue weighted by molar-refractivity contribution is 6.01. The number of carbonyl (C=O) groups excluding carboxylic acids is 2. The van der Waals surface area contributed by atoms with E-state index in [1.807, 2.05) is 64.2 Å². The minimum Gasteiger partial charge on any atom is -0.394 e. The van der Waals surface area contributed by atoms with Crippen molar-refractivity contribution in [2.45, 2.75) is 53.1 Å². The fourth-order valence-electron chi connectivity index (χ4n) is 4.42. The molecule has 2 amide bonds. The molecule has 0 radical (unpaired) electrons. The average molecular weight is 503 g/mol. The molecule has 1 aromatic carbocycles. The number of hydrogen-bond acceptors (Lipinski definition) is 5. The number of hydrogen-bond donors (Lipinski definition) is 3. The van der Waals surface area contributed by atoms with Crippen LogP contribution in [0.4, 0.5) is 0 Å². The largest absolute Gasteiger partial charge is 0.394 e. The van der Waals surface area contributed by atoms with Crippen molar-refractivity contribution in [2.75, 3.05) is 6.61 Å². The van der Waals surface area contributed by atoms with Gasteiger partial charge in [-0.25, -0.2) is 9.67 Å². The van der Waals surface area contributed by atoms with Crippen molar-refractivity contribution >= 4 is 17.5 Å². The smallest absolute Gasteiger partial charge is 0.270 e. The van der Waals surface area contributed by atoms with E-state index in [1.54, 1.807) is 27.4 Å². The zero-order valence-corrected chi connectivity index (χ0v) is 21.7. The third-order valence-corrected chi connectivity index (χ3v) is 6.17. The summed E-state index contributed by atoms with van der Waals surface area (Å²) in [6.45, 7) is 8.13. The molecular formula is C28H34N6O3. The van der Waals surface area contributed by atoms with Crippen molar-refractivity contribution in [1.29, 1.82) is 0 Å². The van der Waals surface area contributed by atoms with Crippen LogP contribution in [0.15, 0.2) is 54.9 Å². The van der Waals surface area contributed by atoms with Gasteiger partial charge in [-0.15, -0.1) is 0 Å². The molecule has 0 saturated carbocycles. The number of fused-ring (bicyclic) bond motifs is 1. The molecule has 0 fully saturated rings. The van der Waals surface area contributed by atoms with E-state index in [2.05, 4.69) is 20.7 Å². The van der Waals surface area contributed by atoms with Crippen molar-refractivity contribution < 1.29 is 14.7 Å². The number of benzene rings is 1. The first-order chi connectivity index (χ1) is 17.8. The van der Waals surface area contributed by atoms with E-state index in [0.717, 1.165) is 16.9 Å². The number of imidazole rings is 1. The van der Waals surface area contributed by atoms with Gasteiger partial charge < -0.3 is 15.7 Å². The second-order valence-electron chi connectivity index (χ2n) is 9.63. The van der Waals surface area contributed by atoms with Crippen LogP contribution in [0.3, 0.4) is 0 Å². The van der Waals surface area contributed by atoms with E-state index in [4.69, 9.17) is 0 Å². The first kappa shape index (κ1) is 26.1. The van der Waals surface area contributed by atoms with Gasteiger partial charge in [0.2, 0.25) is 0 Å². The van der Waals surface area contributed by atoms with Crippen LogP contribution in [-0.4, -0.2) is 48.7 Å². The lowest BCUT2D eigenvalue weighted by molar-refractivity contribution is 0.0899. The van der Waals surface area contributed by atoms with Gasteiger partial charge in [0, 0.05) is 12.4 Å². The zero-order chi connectivity index (χ0) is 26.5. The predicted octanol–water partition coefficient (Wildman–Crippen LogP) is 3.46. The Balaban J connectivity index is 1.53. The second-order valence-corrected chi connectivity index (χ2v) is 9.63. The number of nitrogens with one attached hydrogen (secondary N) is 2. The molecule has 9 heteroatoms. The SMILES string of the molecule is CCc1nc2c(C(=O)NCc3ccn(-c4cccc(C)c4)n3)cccn2c1C(=O)N[C@H](CO)CC(C)C. The number of amides is 2. The molecule has 0 saturated heterocycles. The third-order valence-electron chi connectivity index (χ3n) is 6.17. The number of aliphatic hydroxyl groups excluding tert-OH is 1. The van der Waals surface area contributed by atoms with Gasteiger partial charge in [0.05, 0.1) is 41.8 Å². The Morgan fingerprint density at radius 1 is 1.08 bits per heavy atom. The van der Waals surface area contributed by atoms with E-state index in [0.29, 0.717) is 41.4 Å². The minimum atomic E-state index is -0.353. The molecule has 3 aromatic heterocycles. The summed E-state index contributed by atoms with van der Waals surface area (Å²) < 4.78 is 3.43. The number of carbonyl (C=O) groups is 2. The molecule has 0 unspecified atom stereocenters. The van der Waals surface area contributed by atoms with Crippen LogP contribution in [0.5, 0.6) is 0 Å². The first-order valence-corrected chi connectivity index (χ1v) is 12.6. The normalized spacial score (nSPS) is 12.2. The Morgan fingerprint density at radius 2 is 1.89 bits per heavy atom. The molecular weight excluding hydrogens is 468 g/mol. The Bertz CT molecular complexity index is 1400. The highest BCUT2D eigenvalue weighted by atomic mass is 16.3. The molecule has 4 aromatic rings. The van der Waals surface area contributed by atoms with Crippen molar-refractivity contribution in [2.24, 2.45) is 5.92 Å². The molecule has 3 N–H and O–H groups in total. The van der Waals surface area contributed by atoms with Gasteiger partial charge in [0.15, 0.2) is 5.65 Å². The quantitative estimate of drug-likeness (QED) is 0.307. The van der Waals surface area contributed by atoms with Crippen molar-refractivity contribution in [3.8, 4) is 5.69 Å². The summed E-state index contributed by atoms with van der Waals surface area (Å²) in [5.41, 5.74) is 4.57. The summed E-state index contributed by atoms with van der Waals surface area (Å²) in [4.78, 5) is 31.0. The highest BCUT2D eigenvalue weighted by Gasteiger charge is 2.24. The summed E-state index contributed by atoms with van der Waals surface area (Å²) in [6, 6.07) is 13.0. The number of aliphatic hydroxyl groups is 1. The van der Waals surface area contributed by atoms with E-state index in [-0.39, 0.29) is 31.0 Å². The summed E-state index contributed by atoms with van der Waals surface area (Å²) in [7, 11) is 0. The third kappa shape index (κ3) is 5.89. The fourth-order valence-corrected chi connectivity index (χ4v) is 4.42. The lowest BCUT2D eigenvalue weighted by Crippen LogP contribution is -2.39. The van der Waals surface area contributed by atoms with Gasteiger partial charge >= 0.3 is 0 Å². The van der Waals surface area contributed by atoms with Gasteiger partial charge in [-0.1, -0.05) is 32.9 Å². The molecule has 37 heavy (non-hydrogen) atoms. The standard InChI is InChI=1S/C28H34N6O3/c1-5-24-25(28(37)30-21(17-35)14-18(2)3)33-12-7-10-23(26(33)31-24)27(36)29-16-20-11-13-34(32-20)22-9-6-8-19(4)15-22/h6-13,15,18,21,35H,5,14,16-17H2,1-4H3,(H,29,36)(H,30,37)/t21-/m0/s1. The van der Waals surface area contributed by atoms with Crippen LogP contribution < -0.4 is 10.6 Å². The zero-order valence-electron chi connectivity index (χ0n) is 21.7.